The van der Waals surface area contributed by atoms with Gasteiger partial charge in [-0.15, -0.1) is 0 Å². The Labute approximate surface area is 111 Å². The van der Waals surface area contributed by atoms with E-state index in [-0.39, 0.29) is 0 Å². The Morgan fingerprint density at radius 1 is 0.944 bits per heavy atom. The van der Waals surface area contributed by atoms with Gasteiger partial charge in [-0.25, -0.2) is 5.84 Å². The molecule has 3 nitrogen and oxygen atoms in total. The van der Waals surface area contributed by atoms with Crippen LogP contribution >= 0.6 is 0 Å². The third kappa shape index (κ3) is 2.56. The van der Waals surface area contributed by atoms with Gasteiger partial charge in [0.05, 0.1) is 6.04 Å². The number of rotatable bonds is 2. The topological polar surface area (TPSA) is 50.4 Å². The minimum atomic E-state index is 0.540. The normalized spacial score (nSPS) is 37.8. The maximum Gasteiger partial charge on any atom is 0.114 e. The van der Waals surface area contributed by atoms with Crippen molar-refractivity contribution in [3.8, 4) is 0 Å². The van der Waals surface area contributed by atoms with Crippen LogP contribution in [0.1, 0.15) is 64.2 Å². The molecule has 0 aromatic heterocycles. The minimum Gasteiger partial charge on any atom is -0.312 e. The van der Waals surface area contributed by atoms with Crippen molar-refractivity contribution in [2.75, 3.05) is 0 Å². The van der Waals surface area contributed by atoms with E-state index in [0.29, 0.717) is 12.0 Å². The SMILES string of the molecule is NNC(=NC1CCCCCC1)C1CC2CCC1C2. The van der Waals surface area contributed by atoms with E-state index in [1.165, 1.54) is 64.2 Å². The van der Waals surface area contributed by atoms with Crippen LogP contribution in [-0.4, -0.2) is 11.9 Å². The van der Waals surface area contributed by atoms with Gasteiger partial charge in [-0.1, -0.05) is 32.1 Å². The molecule has 3 aliphatic rings. The molecule has 0 aliphatic heterocycles. The van der Waals surface area contributed by atoms with Crippen molar-refractivity contribution in [3.63, 3.8) is 0 Å². The number of aliphatic imine (C=N–C) groups is 1. The first kappa shape index (κ1) is 12.5. The highest BCUT2D eigenvalue weighted by Gasteiger charge is 2.41. The zero-order valence-electron chi connectivity index (χ0n) is 11.4. The van der Waals surface area contributed by atoms with Gasteiger partial charge in [0.15, 0.2) is 0 Å². The summed E-state index contributed by atoms with van der Waals surface area (Å²) in [5.41, 5.74) is 2.95. The average Bonchev–Trinajstić information content (AvgIpc) is 2.92. The van der Waals surface area contributed by atoms with Crippen LogP contribution in [0.2, 0.25) is 0 Å². The Morgan fingerprint density at radius 3 is 2.28 bits per heavy atom. The Morgan fingerprint density at radius 2 is 1.72 bits per heavy atom. The van der Waals surface area contributed by atoms with Crippen LogP contribution in [0.3, 0.4) is 0 Å². The maximum atomic E-state index is 5.76. The molecule has 3 saturated carbocycles. The van der Waals surface area contributed by atoms with Crippen LogP contribution in [0.25, 0.3) is 0 Å². The Hall–Kier alpha value is -0.570. The number of hydrazine groups is 1. The predicted octanol–water partition coefficient (Wildman–Crippen LogP) is 3.01. The van der Waals surface area contributed by atoms with Crippen molar-refractivity contribution in [3.05, 3.63) is 0 Å². The molecule has 0 spiro atoms. The van der Waals surface area contributed by atoms with Crippen LogP contribution in [0.15, 0.2) is 4.99 Å². The summed E-state index contributed by atoms with van der Waals surface area (Å²) < 4.78 is 0. The van der Waals surface area contributed by atoms with E-state index < -0.39 is 0 Å². The molecule has 2 bridgehead atoms. The fraction of sp³-hybridized carbons (Fsp3) is 0.933. The smallest absolute Gasteiger partial charge is 0.114 e. The fourth-order valence-electron chi connectivity index (χ4n) is 4.40. The highest BCUT2D eigenvalue weighted by Crippen LogP contribution is 2.48. The molecule has 0 aromatic rings. The zero-order chi connectivity index (χ0) is 12.4. The van der Waals surface area contributed by atoms with Crippen molar-refractivity contribution in [1.82, 2.24) is 5.43 Å². The number of nitrogens with two attached hydrogens (primary N) is 1. The summed E-state index contributed by atoms with van der Waals surface area (Å²) in [6.07, 6.45) is 13.6. The molecular formula is C15H27N3. The number of nitrogens with one attached hydrogen (secondary N) is 1. The molecule has 3 heteroatoms. The van der Waals surface area contributed by atoms with Crippen molar-refractivity contribution in [2.45, 2.75) is 70.3 Å². The van der Waals surface area contributed by atoms with E-state index in [9.17, 15) is 0 Å². The predicted molar refractivity (Wildman–Crippen MR) is 75.2 cm³/mol. The van der Waals surface area contributed by atoms with Gasteiger partial charge in [-0.3, -0.25) is 4.99 Å². The van der Waals surface area contributed by atoms with Crippen molar-refractivity contribution in [1.29, 1.82) is 0 Å². The molecule has 0 saturated heterocycles. The van der Waals surface area contributed by atoms with E-state index in [1.54, 1.807) is 0 Å². The van der Waals surface area contributed by atoms with E-state index in [1.807, 2.05) is 0 Å². The van der Waals surface area contributed by atoms with Gasteiger partial charge in [0.1, 0.15) is 5.84 Å². The summed E-state index contributed by atoms with van der Waals surface area (Å²) in [6, 6.07) is 0.540. The average molecular weight is 249 g/mol. The monoisotopic (exact) mass is 249 g/mol. The third-order valence-corrected chi connectivity index (χ3v) is 5.38. The number of hydrogen-bond acceptors (Lipinski definition) is 2. The van der Waals surface area contributed by atoms with Gasteiger partial charge in [0.2, 0.25) is 0 Å². The van der Waals surface area contributed by atoms with Crippen molar-refractivity contribution in [2.24, 2.45) is 28.6 Å². The molecule has 18 heavy (non-hydrogen) atoms. The summed E-state index contributed by atoms with van der Waals surface area (Å²) in [4.78, 5) is 5.00. The number of amidine groups is 1. The first-order valence-electron chi connectivity index (χ1n) is 7.91. The number of nitrogens with zero attached hydrogens (tertiary/aromatic N) is 1. The molecule has 0 heterocycles. The quantitative estimate of drug-likeness (QED) is 0.260. The molecule has 0 amide bonds. The summed E-state index contributed by atoms with van der Waals surface area (Å²) in [5, 5.41) is 0. The Bertz CT molecular complexity index is 305. The van der Waals surface area contributed by atoms with Gasteiger partial charge >= 0.3 is 0 Å². The second kappa shape index (κ2) is 5.60. The van der Waals surface area contributed by atoms with Gasteiger partial charge < -0.3 is 5.43 Å². The van der Waals surface area contributed by atoms with Gasteiger partial charge in [0, 0.05) is 5.92 Å². The summed E-state index contributed by atoms with van der Waals surface area (Å²) in [7, 11) is 0. The van der Waals surface area contributed by atoms with E-state index >= 15 is 0 Å². The summed E-state index contributed by atoms with van der Waals surface area (Å²) in [6.45, 7) is 0. The largest absolute Gasteiger partial charge is 0.312 e. The molecule has 3 atom stereocenters. The lowest BCUT2D eigenvalue weighted by molar-refractivity contribution is 0.404. The number of fused-ring (bicyclic) bond motifs is 2. The first-order chi connectivity index (χ1) is 8.86. The van der Waals surface area contributed by atoms with E-state index in [4.69, 9.17) is 10.8 Å². The van der Waals surface area contributed by atoms with Gasteiger partial charge in [-0.05, 0) is 43.9 Å². The lowest BCUT2D eigenvalue weighted by atomic mass is 9.88. The van der Waals surface area contributed by atoms with Crippen molar-refractivity contribution >= 4 is 5.84 Å². The second-order valence-electron chi connectivity index (χ2n) is 6.59. The maximum absolute atomic E-state index is 5.76. The number of hydrogen-bond donors (Lipinski definition) is 2. The molecule has 3 unspecified atom stereocenters. The summed E-state index contributed by atoms with van der Waals surface area (Å²) in [5.74, 6) is 9.38. The van der Waals surface area contributed by atoms with Crippen LogP contribution < -0.4 is 11.3 Å². The third-order valence-electron chi connectivity index (χ3n) is 5.38. The highest BCUT2D eigenvalue weighted by molar-refractivity contribution is 5.85. The molecular weight excluding hydrogens is 222 g/mol. The molecule has 3 N–H and O–H groups in total. The fourth-order valence-corrected chi connectivity index (χ4v) is 4.40. The highest BCUT2D eigenvalue weighted by atomic mass is 15.3. The molecule has 102 valence electrons. The van der Waals surface area contributed by atoms with E-state index in [0.717, 1.165) is 17.7 Å². The molecule has 0 aromatic carbocycles. The lowest BCUT2D eigenvalue weighted by Crippen LogP contribution is -2.39. The van der Waals surface area contributed by atoms with Crippen LogP contribution in [0, 0.1) is 17.8 Å². The minimum absolute atomic E-state index is 0.540. The lowest BCUT2D eigenvalue weighted by Gasteiger charge is -2.24. The van der Waals surface area contributed by atoms with Crippen LogP contribution in [0.4, 0.5) is 0 Å². The molecule has 0 radical (unpaired) electrons. The van der Waals surface area contributed by atoms with Crippen LogP contribution in [-0.2, 0) is 0 Å². The zero-order valence-corrected chi connectivity index (χ0v) is 11.4. The van der Waals surface area contributed by atoms with Gasteiger partial charge in [0.25, 0.3) is 0 Å². The molecule has 3 rings (SSSR count). The Balaban J connectivity index is 1.67. The molecule has 3 fully saturated rings. The molecule has 3 aliphatic carbocycles. The van der Waals surface area contributed by atoms with Crippen molar-refractivity contribution < 1.29 is 0 Å². The standard InChI is InChI=1S/C15H27N3/c16-18-15(14-10-11-7-8-12(14)9-11)17-13-5-3-1-2-4-6-13/h11-14H,1-10,16H2,(H,17,18). The van der Waals surface area contributed by atoms with E-state index in [2.05, 4.69) is 5.43 Å². The van der Waals surface area contributed by atoms with Gasteiger partial charge in [-0.2, -0.15) is 0 Å². The first-order valence-corrected chi connectivity index (χ1v) is 7.91. The Kier molecular flexibility index (Phi) is 3.88. The summed E-state index contributed by atoms with van der Waals surface area (Å²) >= 11 is 0. The van der Waals surface area contributed by atoms with Crippen LogP contribution in [0.5, 0.6) is 0 Å². The second-order valence-corrected chi connectivity index (χ2v) is 6.59.